The maximum absolute atomic E-state index is 13.4. The van der Waals surface area contributed by atoms with E-state index in [-0.39, 0.29) is 11.8 Å². The van der Waals surface area contributed by atoms with Gasteiger partial charge in [0.05, 0.1) is 13.7 Å². The van der Waals surface area contributed by atoms with Gasteiger partial charge in [0.25, 0.3) is 5.91 Å². The molecule has 170 valence electrons. The highest BCUT2D eigenvalue weighted by molar-refractivity contribution is 6.08. The summed E-state index contributed by atoms with van der Waals surface area (Å²) in [7, 11) is 1.65. The molecule has 2 aromatic rings. The maximum atomic E-state index is 13.4. The Morgan fingerprint density at radius 1 is 0.969 bits per heavy atom. The Bertz CT molecular complexity index is 996. The summed E-state index contributed by atoms with van der Waals surface area (Å²) in [6.45, 7) is 3.67. The molecule has 3 heterocycles. The van der Waals surface area contributed by atoms with Gasteiger partial charge in [0.15, 0.2) is 0 Å². The number of carbonyl (C=O) groups is 2. The quantitative estimate of drug-likeness (QED) is 0.736. The molecule has 0 radical (unpaired) electrons. The molecule has 6 nitrogen and oxygen atoms in total. The minimum atomic E-state index is 0.0215. The predicted octanol–water partition coefficient (Wildman–Crippen LogP) is 3.73. The second kappa shape index (κ2) is 9.10. The molecule has 5 rings (SSSR count). The molecule has 0 aliphatic carbocycles. The first-order chi connectivity index (χ1) is 15.7. The van der Waals surface area contributed by atoms with Crippen LogP contribution in [0.1, 0.15) is 42.5 Å². The van der Waals surface area contributed by atoms with E-state index in [0.717, 1.165) is 68.4 Å². The molecule has 0 spiro atoms. The normalized spacial score (nSPS) is 24.3. The average Bonchev–Trinajstić information content (AvgIpc) is 2.87. The first kappa shape index (κ1) is 21.3. The van der Waals surface area contributed by atoms with Crippen molar-refractivity contribution in [1.82, 2.24) is 9.80 Å². The zero-order valence-corrected chi connectivity index (χ0v) is 18.8. The zero-order chi connectivity index (χ0) is 22.1. The largest absolute Gasteiger partial charge is 0.496 e. The Hall–Kier alpha value is -2.60. The fraction of sp³-hybridized carbons (Fsp3) is 0.538. The second-order valence-corrected chi connectivity index (χ2v) is 9.29. The van der Waals surface area contributed by atoms with Crippen LogP contribution in [0.4, 0.5) is 0 Å². The third-order valence-electron chi connectivity index (χ3n) is 7.56. The van der Waals surface area contributed by atoms with E-state index in [1.54, 1.807) is 7.11 Å². The number of amides is 2. The number of hydrogen-bond acceptors (Lipinski definition) is 4. The molecule has 3 aliphatic heterocycles. The van der Waals surface area contributed by atoms with Crippen LogP contribution >= 0.6 is 0 Å². The van der Waals surface area contributed by atoms with Crippen molar-refractivity contribution in [3.05, 3.63) is 42.0 Å². The maximum Gasteiger partial charge on any atom is 0.254 e. The molecule has 2 aromatic carbocycles. The van der Waals surface area contributed by atoms with Gasteiger partial charge in [-0.25, -0.2) is 0 Å². The van der Waals surface area contributed by atoms with Gasteiger partial charge in [-0.2, -0.15) is 0 Å². The van der Waals surface area contributed by atoms with Gasteiger partial charge in [-0.15, -0.1) is 0 Å². The Morgan fingerprint density at radius 2 is 1.75 bits per heavy atom. The van der Waals surface area contributed by atoms with Gasteiger partial charge in [-0.05, 0) is 49.6 Å². The van der Waals surface area contributed by atoms with E-state index in [9.17, 15) is 9.59 Å². The molecular weight excluding hydrogens is 404 g/mol. The molecule has 2 atom stereocenters. The van der Waals surface area contributed by atoms with E-state index in [1.807, 2.05) is 41.3 Å². The van der Waals surface area contributed by atoms with Crippen molar-refractivity contribution in [2.45, 2.75) is 38.1 Å². The van der Waals surface area contributed by atoms with Crippen LogP contribution in [0.3, 0.4) is 0 Å². The van der Waals surface area contributed by atoms with E-state index in [1.165, 1.54) is 0 Å². The lowest BCUT2D eigenvalue weighted by atomic mass is 9.84. The molecule has 3 fully saturated rings. The standard InChI is InChI=1S/C26H32N2O4/c1-31-24-9-8-22(20-6-2-3-7-21(20)24)26(30)27-14-10-18(11-15-27)25(29)28-13-4-5-19-17-32-16-12-23(19)28/h2-3,6-9,18-19,23H,4-5,10-17H2,1H3/t19-,23+/m0/s1. The number of piperidine rings is 2. The van der Waals surface area contributed by atoms with E-state index in [0.29, 0.717) is 36.5 Å². The molecule has 32 heavy (non-hydrogen) atoms. The van der Waals surface area contributed by atoms with Crippen molar-refractivity contribution in [1.29, 1.82) is 0 Å². The molecule has 0 unspecified atom stereocenters. The number of ether oxygens (including phenoxy) is 2. The monoisotopic (exact) mass is 436 g/mol. The summed E-state index contributed by atoms with van der Waals surface area (Å²) in [5.41, 5.74) is 0.701. The molecule has 0 saturated carbocycles. The minimum absolute atomic E-state index is 0.0215. The lowest BCUT2D eigenvalue weighted by molar-refractivity contribution is -0.146. The van der Waals surface area contributed by atoms with Crippen LogP contribution in [0.2, 0.25) is 0 Å². The Labute approximate surface area is 189 Å². The third kappa shape index (κ3) is 3.85. The number of fused-ring (bicyclic) bond motifs is 2. The fourth-order valence-electron chi connectivity index (χ4n) is 5.81. The van der Waals surface area contributed by atoms with Gasteiger partial charge in [0, 0.05) is 55.1 Å². The van der Waals surface area contributed by atoms with Crippen LogP contribution < -0.4 is 4.74 Å². The van der Waals surface area contributed by atoms with Crippen molar-refractivity contribution in [2.75, 3.05) is 40.0 Å². The number of hydrogen-bond donors (Lipinski definition) is 0. The van der Waals surface area contributed by atoms with Crippen LogP contribution in [-0.2, 0) is 9.53 Å². The van der Waals surface area contributed by atoms with Crippen LogP contribution in [0.25, 0.3) is 10.8 Å². The fourth-order valence-corrected chi connectivity index (χ4v) is 5.81. The van der Waals surface area contributed by atoms with Gasteiger partial charge < -0.3 is 19.3 Å². The molecule has 0 bridgehead atoms. The minimum Gasteiger partial charge on any atom is -0.496 e. The topological polar surface area (TPSA) is 59.1 Å². The molecular formula is C26H32N2O4. The van der Waals surface area contributed by atoms with Crippen molar-refractivity contribution in [2.24, 2.45) is 11.8 Å². The Morgan fingerprint density at radius 3 is 2.53 bits per heavy atom. The SMILES string of the molecule is COc1ccc(C(=O)N2CCC(C(=O)N3CCC[C@H]4COCC[C@H]43)CC2)c2ccccc12. The number of rotatable bonds is 3. The summed E-state index contributed by atoms with van der Waals surface area (Å²) in [5.74, 6) is 1.62. The number of carbonyl (C=O) groups excluding carboxylic acids is 2. The highest BCUT2D eigenvalue weighted by atomic mass is 16.5. The summed E-state index contributed by atoms with van der Waals surface area (Å²) in [6, 6.07) is 11.9. The van der Waals surface area contributed by atoms with E-state index in [2.05, 4.69) is 4.90 Å². The van der Waals surface area contributed by atoms with Crippen molar-refractivity contribution < 1.29 is 19.1 Å². The van der Waals surface area contributed by atoms with E-state index >= 15 is 0 Å². The lowest BCUT2D eigenvalue weighted by Gasteiger charge is -2.45. The van der Waals surface area contributed by atoms with Gasteiger partial charge in [0.2, 0.25) is 5.91 Å². The molecule has 0 aromatic heterocycles. The molecule has 3 aliphatic rings. The van der Waals surface area contributed by atoms with Gasteiger partial charge in [0.1, 0.15) is 5.75 Å². The summed E-state index contributed by atoms with van der Waals surface area (Å²) in [4.78, 5) is 30.8. The first-order valence-electron chi connectivity index (χ1n) is 11.9. The lowest BCUT2D eigenvalue weighted by Crippen LogP contribution is -2.54. The number of nitrogens with zero attached hydrogens (tertiary/aromatic N) is 2. The van der Waals surface area contributed by atoms with Crippen LogP contribution in [-0.4, -0.2) is 67.6 Å². The summed E-state index contributed by atoms with van der Waals surface area (Å²) < 4.78 is 11.1. The van der Waals surface area contributed by atoms with Crippen molar-refractivity contribution in [3.63, 3.8) is 0 Å². The van der Waals surface area contributed by atoms with Gasteiger partial charge >= 0.3 is 0 Å². The van der Waals surface area contributed by atoms with Crippen molar-refractivity contribution >= 4 is 22.6 Å². The van der Waals surface area contributed by atoms with Gasteiger partial charge in [-0.3, -0.25) is 9.59 Å². The third-order valence-corrected chi connectivity index (χ3v) is 7.56. The van der Waals surface area contributed by atoms with Crippen molar-refractivity contribution in [3.8, 4) is 5.75 Å². The number of benzene rings is 2. The van der Waals surface area contributed by atoms with Crippen LogP contribution in [0, 0.1) is 11.8 Å². The smallest absolute Gasteiger partial charge is 0.254 e. The second-order valence-electron chi connectivity index (χ2n) is 9.29. The molecule has 2 amide bonds. The average molecular weight is 437 g/mol. The first-order valence-corrected chi connectivity index (χ1v) is 11.9. The van der Waals surface area contributed by atoms with Gasteiger partial charge in [-0.1, -0.05) is 24.3 Å². The zero-order valence-electron chi connectivity index (χ0n) is 18.8. The Balaban J connectivity index is 1.26. The van der Waals surface area contributed by atoms with E-state index < -0.39 is 0 Å². The molecule has 3 saturated heterocycles. The summed E-state index contributed by atoms with van der Waals surface area (Å²) in [6.07, 6.45) is 4.67. The molecule has 0 N–H and O–H groups in total. The summed E-state index contributed by atoms with van der Waals surface area (Å²) >= 11 is 0. The highest BCUT2D eigenvalue weighted by Crippen LogP contribution is 2.33. The molecule has 6 heteroatoms. The highest BCUT2D eigenvalue weighted by Gasteiger charge is 2.39. The van der Waals surface area contributed by atoms with E-state index in [4.69, 9.17) is 9.47 Å². The van der Waals surface area contributed by atoms with Crippen LogP contribution in [0.5, 0.6) is 5.75 Å². The Kier molecular flexibility index (Phi) is 6.05. The number of likely N-dealkylation sites (tertiary alicyclic amines) is 2. The van der Waals surface area contributed by atoms with Crippen LogP contribution in [0.15, 0.2) is 36.4 Å². The number of methoxy groups -OCH3 is 1. The predicted molar refractivity (Wildman–Crippen MR) is 123 cm³/mol. The summed E-state index contributed by atoms with van der Waals surface area (Å²) in [5, 5.41) is 1.86.